The van der Waals surface area contributed by atoms with Crippen molar-refractivity contribution in [3.8, 4) is 0 Å². The summed E-state index contributed by atoms with van der Waals surface area (Å²) in [5, 5.41) is 0.492. The maximum Gasteiger partial charge on any atom is 0.327 e. The molecular formula is C21H23ClFN3O3. The van der Waals surface area contributed by atoms with E-state index in [0.29, 0.717) is 42.3 Å². The van der Waals surface area contributed by atoms with E-state index in [9.17, 15) is 14.0 Å². The topological polar surface area (TPSA) is 75.9 Å². The number of nitrogens with zero attached hydrogens (tertiary/aromatic N) is 2. The fraction of sp³-hybridized carbons (Fsp3) is 0.333. The molecule has 1 saturated heterocycles. The molecule has 0 radical (unpaired) electrons. The predicted octanol–water partition coefficient (Wildman–Crippen LogP) is 2.54. The highest BCUT2D eigenvalue weighted by atomic mass is 35.5. The van der Waals surface area contributed by atoms with Crippen molar-refractivity contribution in [2.75, 3.05) is 33.3 Å². The minimum atomic E-state index is -0.658. The zero-order chi connectivity index (χ0) is 21.0. The van der Waals surface area contributed by atoms with E-state index < -0.39 is 24.0 Å². The summed E-state index contributed by atoms with van der Waals surface area (Å²) in [6.07, 6.45) is 0. The first-order valence-corrected chi connectivity index (χ1v) is 9.65. The molecular weight excluding hydrogens is 397 g/mol. The number of nitrogens with two attached hydrogens (primary N) is 1. The van der Waals surface area contributed by atoms with Crippen molar-refractivity contribution in [1.29, 1.82) is 0 Å². The van der Waals surface area contributed by atoms with Crippen LogP contribution >= 0.6 is 11.6 Å². The van der Waals surface area contributed by atoms with Gasteiger partial charge in [-0.1, -0.05) is 41.9 Å². The van der Waals surface area contributed by atoms with Crippen LogP contribution < -0.4 is 5.73 Å². The van der Waals surface area contributed by atoms with Crippen LogP contribution in [0.3, 0.4) is 0 Å². The summed E-state index contributed by atoms with van der Waals surface area (Å²) in [7, 11) is 1.35. The van der Waals surface area contributed by atoms with Gasteiger partial charge in [0.05, 0.1) is 7.11 Å². The van der Waals surface area contributed by atoms with Gasteiger partial charge in [-0.25, -0.2) is 9.18 Å². The lowest BCUT2D eigenvalue weighted by molar-refractivity contribution is -0.148. The van der Waals surface area contributed by atoms with Crippen molar-refractivity contribution in [3.05, 3.63) is 70.5 Å². The fourth-order valence-electron chi connectivity index (χ4n) is 3.74. The van der Waals surface area contributed by atoms with Gasteiger partial charge in [-0.15, -0.1) is 0 Å². The molecule has 1 heterocycles. The van der Waals surface area contributed by atoms with Crippen LogP contribution in [0, 0.1) is 5.82 Å². The number of carbonyl (C=O) groups is 2. The second-order valence-electron chi connectivity index (χ2n) is 6.88. The van der Waals surface area contributed by atoms with Gasteiger partial charge in [0.2, 0.25) is 5.91 Å². The van der Waals surface area contributed by atoms with Crippen LogP contribution in [0.4, 0.5) is 4.39 Å². The van der Waals surface area contributed by atoms with Gasteiger partial charge in [-0.05, 0) is 29.3 Å². The number of rotatable bonds is 6. The quantitative estimate of drug-likeness (QED) is 0.728. The number of esters is 1. The Balaban J connectivity index is 1.78. The maximum atomic E-state index is 13.2. The zero-order valence-corrected chi connectivity index (χ0v) is 16.8. The number of piperazine rings is 1. The van der Waals surface area contributed by atoms with E-state index in [2.05, 4.69) is 0 Å². The summed E-state index contributed by atoms with van der Waals surface area (Å²) >= 11 is 6.32. The molecule has 1 aliphatic heterocycles. The normalized spacial score (nSPS) is 17.5. The molecule has 2 aromatic rings. The number of ether oxygens (including phenoxy) is 1. The van der Waals surface area contributed by atoms with Gasteiger partial charge >= 0.3 is 5.97 Å². The van der Waals surface area contributed by atoms with Gasteiger partial charge in [-0.3, -0.25) is 14.6 Å². The number of hydrogen-bond donors (Lipinski definition) is 1. The van der Waals surface area contributed by atoms with Crippen LogP contribution in [0.15, 0.2) is 48.5 Å². The molecule has 2 N–H and O–H groups in total. The third-order valence-electron chi connectivity index (χ3n) is 5.16. The van der Waals surface area contributed by atoms with E-state index in [1.807, 2.05) is 15.9 Å². The second-order valence-corrected chi connectivity index (χ2v) is 7.28. The largest absolute Gasteiger partial charge is 0.468 e. The van der Waals surface area contributed by atoms with Crippen molar-refractivity contribution in [3.63, 3.8) is 0 Å². The van der Waals surface area contributed by atoms with Gasteiger partial charge in [0.15, 0.2) is 0 Å². The minimum absolute atomic E-state index is 0.373. The molecule has 2 aromatic carbocycles. The average molecular weight is 420 g/mol. The van der Waals surface area contributed by atoms with Gasteiger partial charge in [-0.2, -0.15) is 0 Å². The predicted molar refractivity (Wildman–Crippen MR) is 108 cm³/mol. The van der Waals surface area contributed by atoms with Crippen LogP contribution in [0.2, 0.25) is 5.02 Å². The Hall–Kier alpha value is -2.48. The van der Waals surface area contributed by atoms with Crippen molar-refractivity contribution >= 4 is 23.5 Å². The number of carbonyl (C=O) groups excluding carboxylic acids is 2. The number of benzene rings is 2. The number of halogens is 2. The summed E-state index contributed by atoms with van der Waals surface area (Å²) in [6, 6.07) is 11.6. The van der Waals surface area contributed by atoms with E-state index >= 15 is 0 Å². The van der Waals surface area contributed by atoms with Gasteiger partial charge < -0.3 is 10.5 Å². The summed E-state index contributed by atoms with van der Waals surface area (Å²) in [6.45, 7) is 2.03. The smallest absolute Gasteiger partial charge is 0.327 e. The molecule has 0 bridgehead atoms. The Kier molecular flexibility index (Phi) is 6.84. The molecule has 0 spiro atoms. The molecule has 1 amide bonds. The zero-order valence-electron chi connectivity index (χ0n) is 16.1. The molecule has 8 heteroatoms. The Morgan fingerprint density at radius 1 is 1.00 bits per heavy atom. The molecule has 3 rings (SSSR count). The van der Waals surface area contributed by atoms with E-state index in [4.69, 9.17) is 22.1 Å². The van der Waals surface area contributed by atoms with Crippen LogP contribution in [-0.2, 0) is 14.3 Å². The first-order valence-electron chi connectivity index (χ1n) is 9.27. The highest BCUT2D eigenvalue weighted by Gasteiger charge is 2.35. The van der Waals surface area contributed by atoms with Crippen LogP contribution in [-0.4, -0.2) is 55.0 Å². The van der Waals surface area contributed by atoms with Gasteiger partial charge in [0.1, 0.15) is 17.9 Å². The minimum Gasteiger partial charge on any atom is -0.468 e. The average Bonchev–Trinajstić information content (AvgIpc) is 2.72. The molecule has 1 fully saturated rings. The van der Waals surface area contributed by atoms with Crippen LogP contribution in [0.1, 0.15) is 23.2 Å². The molecule has 0 aromatic heterocycles. The lowest BCUT2D eigenvalue weighted by atomic mass is 10.0. The molecule has 29 heavy (non-hydrogen) atoms. The van der Waals surface area contributed by atoms with Crippen molar-refractivity contribution in [2.45, 2.75) is 12.1 Å². The summed E-state index contributed by atoms with van der Waals surface area (Å²) in [5.74, 6) is -1.26. The lowest BCUT2D eigenvalue weighted by Crippen LogP contribution is -2.52. The molecule has 0 saturated carbocycles. The molecule has 6 nitrogen and oxygen atoms in total. The Bertz CT molecular complexity index is 870. The Morgan fingerprint density at radius 3 is 2.07 bits per heavy atom. The highest BCUT2D eigenvalue weighted by Crippen LogP contribution is 2.31. The highest BCUT2D eigenvalue weighted by molar-refractivity contribution is 6.31. The summed E-state index contributed by atoms with van der Waals surface area (Å²) < 4.78 is 18.3. The summed E-state index contributed by atoms with van der Waals surface area (Å²) in [5.41, 5.74) is 6.95. The standard InChI is InChI=1S/C21H23ClFN3O3/c1-29-21(28)19(16-4-2-3-5-17(16)22)26-12-10-25(11-13-26)18(20(24)27)14-6-8-15(23)9-7-14/h2-9,18-19H,10-13H2,1H3,(H2,24,27). The number of primary amides is 1. The Labute approximate surface area is 174 Å². The third kappa shape index (κ3) is 4.75. The van der Waals surface area contributed by atoms with Crippen molar-refractivity contribution < 1.29 is 18.7 Å². The number of methoxy groups -OCH3 is 1. The second kappa shape index (κ2) is 9.35. The van der Waals surface area contributed by atoms with E-state index in [-0.39, 0.29) is 5.82 Å². The van der Waals surface area contributed by atoms with Crippen LogP contribution in [0.25, 0.3) is 0 Å². The molecule has 2 unspecified atom stereocenters. The number of hydrogen-bond acceptors (Lipinski definition) is 5. The lowest BCUT2D eigenvalue weighted by Gasteiger charge is -2.40. The monoisotopic (exact) mass is 419 g/mol. The van der Waals surface area contributed by atoms with E-state index in [1.54, 1.807) is 30.3 Å². The molecule has 1 aliphatic rings. The maximum absolute atomic E-state index is 13.2. The molecule has 0 aliphatic carbocycles. The van der Waals surface area contributed by atoms with Crippen molar-refractivity contribution in [1.82, 2.24) is 9.80 Å². The number of amides is 1. The first kappa shape index (κ1) is 21.2. The molecule has 2 atom stereocenters. The SMILES string of the molecule is COC(=O)C(c1ccccc1Cl)N1CCN(C(C(N)=O)c2ccc(F)cc2)CC1. The van der Waals surface area contributed by atoms with E-state index in [1.165, 1.54) is 19.2 Å². The van der Waals surface area contributed by atoms with Gasteiger partial charge in [0, 0.05) is 31.2 Å². The van der Waals surface area contributed by atoms with E-state index in [0.717, 1.165) is 0 Å². The Morgan fingerprint density at radius 2 is 1.55 bits per heavy atom. The summed E-state index contributed by atoms with van der Waals surface area (Å²) in [4.78, 5) is 28.5. The first-order chi connectivity index (χ1) is 13.9. The van der Waals surface area contributed by atoms with Crippen LogP contribution in [0.5, 0.6) is 0 Å². The van der Waals surface area contributed by atoms with Crippen molar-refractivity contribution in [2.24, 2.45) is 5.73 Å². The van der Waals surface area contributed by atoms with Gasteiger partial charge in [0.25, 0.3) is 0 Å². The molecule has 154 valence electrons. The fourth-order valence-corrected chi connectivity index (χ4v) is 3.97. The third-order valence-corrected chi connectivity index (χ3v) is 5.50.